The quantitative estimate of drug-likeness (QED) is 0.244. The van der Waals surface area contributed by atoms with Crippen molar-refractivity contribution in [2.45, 2.75) is 12.8 Å². The second kappa shape index (κ2) is 11.1. The van der Waals surface area contributed by atoms with Gasteiger partial charge in [-0.2, -0.15) is 0 Å². The van der Waals surface area contributed by atoms with E-state index in [0.29, 0.717) is 29.3 Å². The molecule has 1 aromatic heterocycles. The molecule has 0 saturated carbocycles. The number of aromatic nitrogens is 1. The minimum Gasteiger partial charge on any atom is -0.494 e. The second-order valence-corrected chi connectivity index (χ2v) is 8.76. The van der Waals surface area contributed by atoms with E-state index in [1.165, 1.54) is 0 Å². The molecule has 4 aromatic carbocycles. The van der Waals surface area contributed by atoms with Crippen LogP contribution in [0.1, 0.15) is 24.0 Å². The van der Waals surface area contributed by atoms with Gasteiger partial charge in [-0.15, -0.1) is 0 Å². The summed E-state index contributed by atoms with van der Waals surface area (Å²) >= 11 is 5.47. The fraction of sp³-hybridized carbons (Fsp3) is 0.100. The normalized spacial score (nSPS) is 10.9. The maximum Gasteiger partial charge on any atom is 0.238 e. The van der Waals surface area contributed by atoms with Gasteiger partial charge in [0, 0.05) is 11.3 Å². The number of thiocarbonyl (C=S) groups is 1. The largest absolute Gasteiger partial charge is 0.494 e. The molecule has 0 saturated heterocycles. The van der Waals surface area contributed by atoms with Crippen LogP contribution in [0.4, 0.5) is 5.69 Å². The maximum absolute atomic E-state index is 13.3. The van der Waals surface area contributed by atoms with E-state index >= 15 is 0 Å². The van der Waals surface area contributed by atoms with Crippen molar-refractivity contribution in [3.63, 3.8) is 0 Å². The number of carbonyl (C=O) groups is 1. The Hall–Kier alpha value is -4.49. The Kier molecular flexibility index (Phi) is 7.23. The Bertz CT molecular complexity index is 1480. The summed E-state index contributed by atoms with van der Waals surface area (Å²) in [4.78, 5) is 17.9. The van der Waals surface area contributed by atoms with Crippen LogP contribution in [0.25, 0.3) is 22.6 Å². The number of hydrogen-bond acceptors (Lipinski definition) is 5. The molecule has 5 aromatic rings. The Morgan fingerprint density at radius 2 is 1.57 bits per heavy atom. The molecule has 0 bridgehead atoms. The van der Waals surface area contributed by atoms with Gasteiger partial charge in [0.1, 0.15) is 11.3 Å². The molecule has 7 heteroatoms. The van der Waals surface area contributed by atoms with Crippen molar-refractivity contribution in [3.8, 4) is 17.2 Å². The zero-order valence-electron chi connectivity index (χ0n) is 20.2. The lowest BCUT2D eigenvalue weighted by atomic mass is 9.90. The molecule has 6 nitrogen and oxygen atoms in total. The molecule has 5 rings (SSSR count). The molecule has 0 fully saturated rings. The third kappa shape index (κ3) is 5.68. The lowest BCUT2D eigenvalue weighted by molar-refractivity contribution is -0.120. The third-order valence-corrected chi connectivity index (χ3v) is 6.03. The molecular formula is C30H25N3O3S. The molecule has 0 aliphatic carbocycles. The van der Waals surface area contributed by atoms with Gasteiger partial charge in [0.2, 0.25) is 11.8 Å². The van der Waals surface area contributed by atoms with E-state index in [1.54, 1.807) is 0 Å². The van der Waals surface area contributed by atoms with E-state index in [-0.39, 0.29) is 11.0 Å². The van der Waals surface area contributed by atoms with Crippen LogP contribution < -0.4 is 15.4 Å². The average molecular weight is 508 g/mol. The number of benzene rings is 4. The van der Waals surface area contributed by atoms with Crippen LogP contribution in [0, 0.1) is 0 Å². The highest BCUT2D eigenvalue weighted by atomic mass is 32.1. The Morgan fingerprint density at radius 1 is 0.919 bits per heavy atom. The van der Waals surface area contributed by atoms with Crippen molar-refractivity contribution in [1.82, 2.24) is 10.3 Å². The molecular weight excluding hydrogens is 482 g/mol. The third-order valence-electron chi connectivity index (χ3n) is 5.82. The van der Waals surface area contributed by atoms with E-state index < -0.39 is 5.92 Å². The van der Waals surface area contributed by atoms with Crippen molar-refractivity contribution in [3.05, 3.63) is 114 Å². The van der Waals surface area contributed by atoms with Gasteiger partial charge in [0.05, 0.1) is 12.5 Å². The smallest absolute Gasteiger partial charge is 0.238 e. The molecule has 184 valence electrons. The molecule has 1 heterocycles. The monoisotopic (exact) mass is 507 g/mol. The van der Waals surface area contributed by atoms with Crippen LogP contribution in [0.15, 0.2) is 108 Å². The SMILES string of the molecule is CCOc1ccc(-c2nc3cc(NC(=S)NC(=O)C(c4ccccc4)c4ccccc4)ccc3o2)cc1. The number of hydrogen-bond donors (Lipinski definition) is 2. The predicted molar refractivity (Wildman–Crippen MR) is 150 cm³/mol. The lowest BCUT2D eigenvalue weighted by Gasteiger charge is -2.18. The molecule has 37 heavy (non-hydrogen) atoms. The Labute approximate surface area is 220 Å². The summed E-state index contributed by atoms with van der Waals surface area (Å²) in [6.07, 6.45) is 0. The summed E-state index contributed by atoms with van der Waals surface area (Å²) in [5.41, 5.74) is 4.65. The number of nitrogens with zero attached hydrogens (tertiary/aromatic N) is 1. The number of rotatable bonds is 7. The Morgan fingerprint density at radius 3 is 2.19 bits per heavy atom. The van der Waals surface area contributed by atoms with Crippen molar-refractivity contribution in [1.29, 1.82) is 0 Å². The van der Waals surface area contributed by atoms with E-state index in [1.807, 2.05) is 110 Å². The number of nitrogens with one attached hydrogen (secondary N) is 2. The minimum atomic E-state index is -0.489. The van der Waals surface area contributed by atoms with E-state index in [9.17, 15) is 4.79 Å². The summed E-state index contributed by atoms with van der Waals surface area (Å²) in [5, 5.41) is 6.15. The maximum atomic E-state index is 13.3. The van der Waals surface area contributed by atoms with Gasteiger partial charge in [0.15, 0.2) is 10.7 Å². The fourth-order valence-corrected chi connectivity index (χ4v) is 4.34. The number of fused-ring (bicyclic) bond motifs is 1. The van der Waals surface area contributed by atoms with Crippen LogP contribution in [-0.2, 0) is 4.79 Å². The molecule has 1 amide bonds. The Balaban J connectivity index is 1.30. The second-order valence-electron chi connectivity index (χ2n) is 8.36. The summed E-state index contributed by atoms with van der Waals surface area (Å²) in [6.45, 7) is 2.56. The van der Waals surface area contributed by atoms with Gasteiger partial charge in [-0.25, -0.2) is 4.98 Å². The number of anilines is 1. The van der Waals surface area contributed by atoms with E-state index in [0.717, 1.165) is 22.4 Å². The highest BCUT2D eigenvalue weighted by molar-refractivity contribution is 7.80. The van der Waals surface area contributed by atoms with Gasteiger partial charge >= 0.3 is 0 Å². The first-order valence-electron chi connectivity index (χ1n) is 12.0. The summed E-state index contributed by atoms with van der Waals surface area (Å²) in [6, 6.07) is 32.4. The molecule has 0 aliphatic heterocycles. The van der Waals surface area contributed by atoms with Crippen LogP contribution in [0.2, 0.25) is 0 Å². The highest BCUT2D eigenvalue weighted by Crippen LogP contribution is 2.28. The lowest BCUT2D eigenvalue weighted by Crippen LogP contribution is -2.37. The number of carbonyl (C=O) groups excluding carboxylic acids is 1. The first-order chi connectivity index (χ1) is 18.1. The van der Waals surface area contributed by atoms with Gasteiger partial charge in [-0.05, 0) is 72.7 Å². The molecule has 0 unspecified atom stereocenters. The van der Waals surface area contributed by atoms with Crippen molar-refractivity contribution < 1.29 is 13.9 Å². The van der Waals surface area contributed by atoms with Gasteiger partial charge in [0.25, 0.3) is 0 Å². The zero-order chi connectivity index (χ0) is 25.6. The fourth-order valence-electron chi connectivity index (χ4n) is 4.12. The summed E-state index contributed by atoms with van der Waals surface area (Å²) < 4.78 is 11.4. The molecule has 0 aliphatic rings. The molecule has 0 radical (unpaired) electrons. The van der Waals surface area contributed by atoms with E-state index in [2.05, 4.69) is 15.6 Å². The standard InChI is InChI=1S/C30H25N3O3S/c1-2-35-24-16-13-22(14-17-24)29-32-25-19-23(15-18-26(25)36-29)31-30(37)33-28(34)27(20-9-5-3-6-10-20)21-11-7-4-8-12-21/h3-19,27H,2H2,1H3,(H2,31,33,34,37). The van der Waals surface area contributed by atoms with Crippen LogP contribution in [0.5, 0.6) is 5.75 Å². The van der Waals surface area contributed by atoms with E-state index in [4.69, 9.17) is 21.4 Å². The molecule has 2 N–H and O–H groups in total. The van der Waals surface area contributed by atoms with Crippen molar-refractivity contribution in [2.24, 2.45) is 0 Å². The topological polar surface area (TPSA) is 76.4 Å². The van der Waals surface area contributed by atoms with Crippen molar-refractivity contribution >= 4 is 40.0 Å². The van der Waals surface area contributed by atoms with Crippen LogP contribution in [0.3, 0.4) is 0 Å². The van der Waals surface area contributed by atoms with Crippen LogP contribution in [-0.4, -0.2) is 22.6 Å². The van der Waals surface area contributed by atoms with Gasteiger partial charge in [-0.3, -0.25) is 4.79 Å². The molecule has 0 spiro atoms. The summed E-state index contributed by atoms with van der Waals surface area (Å²) in [5.74, 6) is 0.609. The predicted octanol–water partition coefficient (Wildman–Crippen LogP) is 6.54. The minimum absolute atomic E-state index is 0.205. The first-order valence-corrected chi connectivity index (χ1v) is 12.4. The first kappa shape index (κ1) is 24.2. The molecule has 0 atom stereocenters. The van der Waals surface area contributed by atoms with Gasteiger partial charge in [-0.1, -0.05) is 60.7 Å². The van der Waals surface area contributed by atoms with Crippen molar-refractivity contribution in [2.75, 3.05) is 11.9 Å². The highest BCUT2D eigenvalue weighted by Gasteiger charge is 2.23. The van der Waals surface area contributed by atoms with Gasteiger partial charge < -0.3 is 19.8 Å². The average Bonchev–Trinajstić information content (AvgIpc) is 3.34. The number of amides is 1. The zero-order valence-corrected chi connectivity index (χ0v) is 21.0. The number of ether oxygens (including phenoxy) is 1. The summed E-state index contributed by atoms with van der Waals surface area (Å²) in [7, 11) is 0. The van der Waals surface area contributed by atoms with Crippen LogP contribution >= 0.6 is 12.2 Å². The number of oxazole rings is 1.